The van der Waals surface area contributed by atoms with E-state index in [0.29, 0.717) is 11.6 Å². The van der Waals surface area contributed by atoms with Gasteiger partial charge in [0.15, 0.2) is 0 Å². The fourth-order valence-corrected chi connectivity index (χ4v) is 2.22. The molecule has 1 aromatic heterocycles. The maximum absolute atomic E-state index is 11.9. The molecule has 2 rings (SSSR count). The van der Waals surface area contributed by atoms with Gasteiger partial charge in [0.1, 0.15) is 6.61 Å². The number of carbonyl (C=O) groups excluding carboxylic acids is 1. The van der Waals surface area contributed by atoms with E-state index in [2.05, 4.69) is 11.8 Å². The minimum atomic E-state index is -0.150. The Morgan fingerprint density at radius 3 is 3.06 bits per heavy atom. The van der Waals surface area contributed by atoms with Crippen molar-refractivity contribution in [2.75, 3.05) is 13.7 Å². The first-order valence-electron chi connectivity index (χ1n) is 5.18. The lowest BCUT2D eigenvalue weighted by Crippen LogP contribution is -2.28. The van der Waals surface area contributed by atoms with Gasteiger partial charge in [0, 0.05) is 18.5 Å². The number of aliphatic hydroxyl groups excluding tert-OH is 1. The Kier molecular flexibility index (Phi) is 3.28. The third-order valence-electron chi connectivity index (χ3n) is 2.55. The quantitative estimate of drug-likeness (QED) is 0.786. The predicted molar refractivity (Wildman–Crippen MR) is 63.4 cm³/mol. The molecule has 0 aliphatic heterocycles. The maximum Gasteiger partial charge on any atom is 0.254 e. The first kappa shape index (κ1) is 11.2. The first-order valence-corrected chi connectivity index (χ1v) is 6.05. The Balaban J connectivity index is 2.08. The molecule has 0 bridgehead atoms. The summed E-state index contributed by atoms with van der Waals surface area (Å²) in [5.41, 5.74) is 0.696. The summed E-state index contributed by atoms with van der Waals surface area (Å²) in [5, 5.41) is 10.4. The van der Waals surface area contributed by atoms with Crippen LogP contribution >= 0.6 is 11.3 Å². The molecule has 1 amide bonds. The van der Waals surface area contributed by atoms with Crippen LogP contribution in [-0.2, 0) is 0 Å². The Morgan fingerprint density at radius 2 is 2.44 bits per heavy atom. The number of carbonyl (C=O) groups is 1. The van der Waals surface area contributed by atoms with E-state index in [1.807, 2.05) is 12.4 Å². The van der Waals surface area contributed by atoms with Crippen molar-refractivity contribution in [1.82, 2.24) is 4.90 Å². The SMILES string of the molecule is CN(C(=O)c1csc(C#CCO)c1)C1CC1. The fourth-order valence-electron chi connectivity index (χ4n) is 1.47. The molecule has 1 aromatic rings. The van der Waals surface area contributed by atoms with Gasteiger partial charge in [0.2, 0.25) is 0 Å². The van der Waals surface area contributed by atoms with Gasteiger partial charge in [-0.05, 0) is 18.9 Å². The lowest BCUT2D eigenvalue weighted by atomic mass is 10.2. The third-order valence-corrected chi connectivity index (χ3v) is 3.40. The van der Waals surface area contributed by atoms with E-state index in [9.17, 15) is 4.79 Å². The molecule has 1 N–H and O–H groups in total. The number of hydrogen-bond donors (Lipinski definition) is 1. The summed E-state index contributed by atoms with van der Waals surface area (Å²) >= 11 is 1.44. The molecule has 1 aliphatic carbocycles. The highest BCUT2D eigenvalue weighted by Gasteiger charge is 2.30. The van der Waals surface area contributed by atoms with Gasteiger partial charge >= 0.3 is 0 Å². The summed E-state index contributed by atoms with van der Waals surface area (Å²) < 4.78 is 0. The standard InChI is InChI=1S/C12H13NO2S/c1-13(10-4-5-10)12(15)9-7-11(16-8-9)3-2-6-14/h7-8,10,14H,4-6H2,1H3. The first-order chi connectivity index (χ1) is 7.72. The Morgan fingerprint density at radius 1 is 1.69 bits per heavy atom. The van der Waals surface area contributed by atoms with Crippen molar-refractivity contribution in [3.8, 4) is 11.8 Å². The van der Waals surface area contributed by atoms with Crippen LogP contribution in [0.5, 0.6) is 0 Å². The van der Waals surface area contributed by atoms with E-state index in [0.717, 1.165) is 17.7 Å². The van der Waals surface area contributed by atoms with Crippen LogP contribution in [0.3, 0.4) is 0 Å². The van der Waals surface area contributed by atoms with Crippen LogP contribution in [0.2, 0.25) is 0 Å². The van der Waals surface area contributed by atoms with Crippen LogP contribution in [0.25, 0.3) is 0 Å². The van der Waals surface area contributed by atoms with Crippen molar-refractivity contribution >= 4 is 17.2 Å². The van der Waals surface area contributed by atoms with E-state index in [4.69, 9.17) is 5.11 Å². The van der Waals surface area contributed by atoms with Crippen molar-refractivity contribution < 1.29 is 9.90 Å². The fraction of sp³-hybridized carbons (Fsp3) is 0.417. The summed E-state index contributed by atoms with van der Waals surface area (Å²) in [4.78, 5) is 14.6. The number of amides is 1. The zero-order chi connectivity index (χ0) is 11.5. The highest BCUT2D eigenvalue weighted by Crippen LogP contribution is 2.27. The molecule has 0 aromatic carbocycles. The van der Waals surface area contributed by atoms with Gasteiger partial charge in [-0.3, -0.25) is 4.79 Å². The molecule has 0 unspecified atom stereocenters. The smallest absolute Gasteiger partial charge is 0.254 e. The van der Waals surface area contributed by atoms with Crippen molar-refractivity contribution in [3.05, 3.63) is 21.9 Å². The normalized spacial score (nSPS) is 14.1. The highest BCUT2D eigenvalue weighted by atomic mass is 32.1. The van der Waals surface area contributed by atoms with Gasteiger partial charge in [-0.25, -0.2) is 0 Å². The van der Waals surface area contributed by atoms with Gasteiger partial charge in [-0.1, -0.05) is 11.8 Å². The zero-order valence-electron chi connectivity index (χ0n) is 9.06. The summed E-state index contributed by atoms with van der Waals surface area (Å²) in [7, 11) is 1.84. The second-order valence-corrected chi connectivity index (χ2v) is 4.72. The molecule has 84 valence electrons. The molecule has 4 heteroatoms. The number of aliphatic hydroxyl groups is 1. The summed E-state index contributed by atoms with van der Waals surface area (Å²) in [6, 6.07) is 2.22. The zero-order valence-corrected chi connectivity index (χ0v) is 9.88. The van der Waals surface area contributed by atoms with Crippen LogP contribution in [-0.4, -0.2) is 35.6 Å². The monoisotopic (exact) mass is 235 g/mol. The molecule has 16 heavy (non-hydrogen) atoms. The van der Waals surface area contributed by atoms with Crippen LogP contribution in [0.15, 0.2) is 11.4 Å². The second kappa shape index (κ2) is 4.69. The molecule has 1 heterocycles. The van der Waals surface area contributed by atoms with Gasteiger partial charge < -0.3 is 10.0 Å². The Hall–Kier alpha value is -1.31. The van der Waals surface area contributed by atoms with Crippen molar-refractivity contribution in [2.24, 2.45) is 0 Å². The van der Waals surface area contributed by atoms with Crippen LogP contribution in [0.4, 0.5) is 0 Å². The molecular formula is C12H13NO2S. The van der Waals surface area contributed by atoms with Crippen molar-refractivity contribution in [1.29, 1.82) is 0 Å². The molecule has 0 atom stereocenters. The number of hydrogen-bond acceptors (Lipinski definition) is 3. The van der Waals surface area contributed by atoms with Crippen LogP contribution in [0, 0.1) is 11.8 Å². The minimum Gasteiger partial charge on any atom is -0.384 e. The van der Waals surface area contributed by atoms with E-state index in [-0.39, 0.29) is 12.5 Å². The third kappa shape index (κ3) is 2.43. The number of rotatable bonds is 2. The highest BCUT2D eigenvalue weighted by molar-refractivity contribution is 7.10. The van der Waals surface area contributed by atoms with E-state index < -0.39 is 0 Å². The van der Waals surface area contributed by atoms with Gasteiger partial charge in [0.05, 0.1) is 10.4 Å². The minimum absolute atomic E-state index is 0.0656. The van der Waals surface area contributed by atoms with Gasteiger partial charge in [0.25, 0.3) is 5.91 Å². The predicted octanol–water partition coefficient (Wildman–Crippen LogP) is 1.33. The number of thiophene rings is 1. The molecule has 1 aliphatic rings. The summed E-state index contributed by atoms with van der Waals surface area (Å²) in [6.45, 7) is -0.150. The van der Waals surface area contributed by atoms with E-state index in [1.54, 1.807) is 11.0 Å². The van der Waals surface area contributed by atoms with Gasteiger partial charge in [-0.2, -0.15) is 0 Å². The summed E-state index contributed by atoms with van der Waals surface area (Å²) in [5.74, 6) is 5.44. The van der Waals surface area contributed by atoms with Gasteiger partial charge in [-0.15, -0.1) is 11.3 Å². The molecular weight excluding hydrogens is 222 g/mol. The largest absolute Gasteiger partial charge is 0.384 e. The molecule has 1 saturated carbocycles. The van der Waals surface area contributed by atoms with E-state index >= 15 is 0 Å². The second-order valence-electron chi connectivity index (χ2n) is 3.81. The average Bonchev–Trinajstić information content (AvgIpc) is 3.04. The molecule has 0 saturated heterocycles. The van der Waals surface area contributed by atoms with E-state index in [1.165, 1.54) is 11.3 Å². The molecule has 0 spiro atoms. The van der Waals surface area contributed by atoms with Crippen molar-refractivity contribution in [2.45, 2.75) is 18.9 Å². The lowest BCUT2D eigenvalue weighted by Gasteiger charge is -2.14. The van der Waals surface area contributed by atoms with Crippen molar-refractivity contribution in [3.63, 3.8) is 0 Å². The summed E-state index contributed by atoms with van der Waals surface area (Å²) in [6.07, 6.45) is 2.23. The van der Waals surface area contributed by atoms with Crippen LogP contribution in [0.1, 0.15) is 28.1 Å². The lowest BCUT2D eigenvalue weighted by molar-refractivity contribution is 0.0785. The Bertz CT molecular complexity index is 451. The van der Waals surface area contributed by atoms with Crippen LogP contribution < -0.4 is 0 Å². The number of nitrogens with zero attached hydrogens (tertiary/aromatic N) is 1. The maximum atomic E-state index is 11.9. The molecule has 3 nitrogen and oxygen atoms in total. The topological polar surface area (TPSA) is 40.5 Å². The molecule has 0 radical (unpaired) electrons. The average molecular weight is 235 g/mol. The Labute approximate surface area is 98.7 Å². The molecule has 1 fully saturated rings.